The molecule has 0 spiro atoms. The van der Waals surface area contributed by atoms with Crippen LogP contribution >= 0.6 is 11.6 Å². The van der Waals surface area contributed by atoms with Gasteiger partial charge in [0.1, 0.15) is 0 Å². The Morgan fingerprint density at radius 3 is 2.80 bits per heavy atom. The minimum absolute atomic E-state index is 0.00232. The van der Waals surface area contributed by atoms with E-state index in [9.17, 15) is 9.59 Å². The topological polar surface area (TPSA) is 39.1 Å². The molecule has 0 bridgehead atoms. The first-order valence-corrected chi connectivity index (χ1v) is 5.32. The van der Waals surface area contributed by atoms with Crippen molar-refractivity contribution in [3.8, 4) is 0 Å². The Morgan fingerprint density at radius 2 is 2.27 bits per heavy atom. The van der Waals surface area contributed by atoms with E-state index in [2.05, 4.69) is 0 Å². The van der Waals surface area contributed by atoms with Crippen molar-refractivity contribution < 1.29 is 4.79 Å². The summed E-state index contributed by atoms with van der Waals surface area (Å²) in [5.41, 5.74) is 0.332. The average molecular weight is 228 g/mol. The second-order valence-electron chi connectivity index (χ2n) is 3.54. The van der Waals surface area contributed by atoms with E-state index < -0.39 is 5.24 Å². The molecule has 1 aromatic heterocycles. The van der Waals surface area contributed by atoms with Gasteiger partial charge in [-0.3, -0.25) is 9.59 Å². The van der Waals surface area contributed by atoms with Gasteiger partial charge in [0.05, 0.1) is 6.42 Å². The van der Waals surface area contributed by atoms with Crippen molar-refractivity contribution in [2.75, 3.05) is 0 Å². The zero-order valence-corrected chi connectivity index (χ0v) is 9.62. The van der Waals surface area contributed by atoms with E-state index >= 15 is 0 Å². The van der Waals surface area contributed by atoms with Crippen molar-refractivity contribution in [1.29, 1.82) is 0 Å². The first kappa shape index (κ1) is 12.0. The lowest BCUT2D eigenvalue weighted by Gasteiger charge is -2.13. The Bertz CT molecular complexity index is 411. The SMILES string of the molecule is CCC(C)n1cccc(CC(=O)Cl)c1=O. The van der Waals surface area contributed by atoms with E-state index in [1.165, 1.54) is 0 Å². The number of carbonyl (C=O) groups excluding carboxylic acids is 1. The average Bonchev–Trinajstić information content (AvgIpc) is 2.19. The molecule has 0 fully saturated rings. The van der Waals surface area contributed by atoms with Crippen LogP contribution < -0.4 is 5.56 Å². The summed E-state index contributed by atoms with van der Waals surface area (Å²) in [4.78, 5) is 22.6. The maximum atomic E-state index is 11.9. The zero-order valence-electron chi connectivity index (χ0n) is 8.87. The summed E-state index contributed by atoms with van der Waals surface area (Å²) < 4.78 is 1.63. The van der Waals surface area contributed by atoms with Crippen LogP contribution in [-0.4, -0.2) is 9.81 Å². The highest BCUT2D eigenvalue weighted by Gasteiger charge is 2.09. The van der Waals surface area contributed by atoms with E-state index in [1.54, 1.807) is 22.9 Å². The Hall–Kier alpha value is -1.09. The molecule has 0 aliphatic carbocycles. The van der Waals surface area contributed by atoms with E-state index in [-0.39, 0.29) is 18.0 Å². The largest absolute Gasteiger partial charge is 0.313 e. The molecule has 82 valence electrons. The standard InChI is InChI=1S/C11H14ClNO2/c1-3-8(2)13-6-4-5-9(11(13)15)7-10(12)14/h4-6,8H,3,7H2,1-2H3. The number of pyridine rings is 1. The van der Waals surface area contributed by atoms with Gasteiger partial charge in [-0.15, -0.1) is 0 Å². The second kappa shape index (κ2) is 5.12. The summed E-state index contributed by atoms with van der Waals surface area (Å²) in [5, 5.41) is -0.506. The van der Waals surface area contributed by atoms with Crippen LogP contribution in [0.2, 0.25) is 0 Å². The molecule has 1 heterocycles. The van der Waals surface area contributed by atoms with Crippen LogP contribution in [0.4, 0.5) is 0 Å². The summed E-state index contributed by atoms with van der Waals surface area (Å²) >= 11 is 5.26. The Labute approximate surface area is 93.7 Å². The van der Waals surface area contributed by atoms with Crippen molar-refractivity contribution in [1.82, 2.24) is 4.57 Å². The molecule has 0 aromatic carbocycles. The fraction of sp³-hybridized carbons (Fsp3) is 0.455. The van der Waals surface area contributed by atoms with Crippen LogP contribution in [0.3, 0.4) is 0 Å². The highest BCUT2D eigenvalue weighted by molar-refractivity contribution is 6.63. The third-order valence-electron chi connectivity index (χ3n) is 2.45. The van der Waals surface area contributed by atoms with Gasteiger partial charge in [-0.25, -0.2) is 0 Å². The molecule has 1 aromatic rings. The van der Waals surface area contributed by atoms with Gasteiger partial charge < -0.3 is 4.57 Å². The number of aromatic nitrogens is 1. The lowest BCUT2D eigenvalue weighted by molar-refractivity contribution is -0.111. The second-order valence-corrected chi connectivity index (χ2v) is 3.96. The summed E-state index contributed by atoms with van der Waals surface area (Å²) in [7, 11) is 0. The molecule has 3 nitrogen and oxygen atoms in total. The summed E-state index contributed by atoms with van der Waals surface area (Å²) in [6.07, 6.45) is 2.61. The number of hydrogen-bond donors (Lipinski definition) is 0. The fourth-order valence-electron chi connectivity index (χ4n) is 1.38. The van der Waals surface area contributed by atoms with Crippen LogP contribution in [-0.2, 0) is 11.2 Å². The van der Waals surface area contributed by atoms with Gasteiger partial charge in [0.25, 0.3) is 5.56 Å². The summed E-state index contributed by atoms with van der Waals surface area (Å²) in [6.45, 7) is 3.98. The van der Waals surface area contributed by atoms with Crippen LogP contribution in [0.25, 0.3) is 0 Å². The third kappa shape index (κ3) is 2.93. The molecule has 0 saturated heterocycles. The first-order valence-electron chi connectivity index (χ1n) is 4.94. The molecule has 0 radical (unpaired) electrons. The maximum Gasteiger partial charge on any atom is 0.254 e. The molecule has 1 rings (SSSR count). The number of halogens is 1. The molecule has 0 aliphatic rings. The van der Waals surface area contributed by atoms with Crippen molar-refractivity contribution in [2.24, 2.45) is 0 Å². The number of rotatable bonds is 4. The molecule has 0 aliphatic heterocycles. The van der Waals surface area contributed by atoms with Gasteiger partial charge in [-0.2, -0.15) is 0 Å². The van der Waals surface area contributed by atoms with Crippen molar-refractivity contribution in [3.63, 3.8) is 0 Å². The van der Waals surface area contributed by atoms with E-state index in [1.807, 2.05) is 13.8 Å². The van der Waals surface area contributed by atoms with Crippen LogP contribution in [0.5, 0.6) is 0 Å². The van der Waals surface area contributed by atoms with Gasteiger partial charge in [0, 0.05) is 17.8 Å². The fourth-order valence-corrected chi connectivity index (χ4v) is 1.53. The molecule has 1 unspecified atom stereocenters. The van der Waals surface area contributed by atoms with Gasteiger partial charge in [-0.1, -0.05) is 13.0 Å². The maximum absolute atomic E-state index is 11.9. The molecule has 0 amide bonds. The summed E-state index contributed by atoms with van der Waals surface area (Å²) in [6, 6.07) is 3.55. The van der Waals surface area contributed by atoms with Crippen LogP contribution in [0, 0.1) is 0 Å². The quantitative estimate of drug-likeness (QED) is 0.740. The van der Waals surface area contributed by atoms with Gasteiger partial charge in [-0.05, 0) is 31.0 Å². The van der Waals surface area contributed by atoms with E-state index in [0.717, 1.165) is 6.42 Å². The van der Waals surface area contributed by atoms with E-state index in [4.69, 9.17) is 11.6 Å². The molecular formula is C11H14ClNO2. The first-order chi connectivity index (χ1) is 7.06. The van der Waals surface area contributed by atoms with Crippen LogP contribution in [0.1, 0.15) is 31.9 Å². The predicted molar refractivity (Wildman–Crippen MR) is 60.3 cm³/mol. The zero-order chi connectivity index (χ0) is 11.4. The minimum Gasteiger partial charge on any atom is -0.313 e. The smallest absolute Gasteiger partial charge is 0.254 e. The van der Waals surface area contributed by atoms with Crippen molar-refractivity contribution >= 4 is 16.8 Å². The van der Waals surface area contributed by atoms with Gasteiger partial charge >= 0.3 is 0 Å². The van der Waals surface area contributed by atoms with Crippen molar-refractivity contribution in [2.45, 2.75) is 32.7 Å². The highest BCUT2D eigenvalue weighted by atomic mass is 35.5. The molecule has 15 heavy (non-hydrogen) atoms. The van der Waals surface area contributed by atoms with Gasteiger partial charge in [0.15, 0.2) is 0 Å². The van der Waals surface area contributed by atoms with Crippen molar-refractivity contribution in [3.05, 3.63) is 34.2 Å². The van der Waals surface area contributed by atoms with Gasteiger partial charge in [0.2, 0.25) is 5.24 Å². The van der Waals surface area contributed by atoms with Crippen LogP contribution in [0.15, 0.2) is 23.1 Å². The Morgan fingerprint density at radius 1 is 1.60 bits per heavy atom. The highest BCUT2D eigenvalue weighted by Crippen LogP contribution is 2.07. The number of nitrogens with zero attached hydrogens (tertiary/aromatic N) is 1. The molecule has 4 heteroatoms. The predicted octanol–water partition coefficient (Wildman–Crippen LogP) is 2.13. The molecule has 0 saturated carbocycles. The normalized spacial score (nSPS) is 12.5. The van der Waals surface area contributed by atoms with E-state index in [0.29, 0.717) is 5.56 Å². The molecule has 0 N–H and O–H groups in total. The summed E-state index contributed by atoms with van der Waals surface area (Å²) in [5.74, 6) is 0. The number of carbonyl (C=O) groups is 1. The monoisotopic (exact) mass is 227 g/mol. The lowest BCUT2D eigenvalue weighted by Crippen LogP contribution is -2.26. The Balaban J connectivity index is 3.11. The third-order valence-corrected chi connectivity index (χ3v) is 2.58. The number of hydrogen-bond acceptors (Lipinski definition) is 2. The minimum atomic E-state index is -0.506. The lowest BCUT2D eigenvalue weighted by atomic mass is 10.2. The Kier molecular flexibility index (Phi) is 4.09. The molecule has 1 atom stereocenters. The molecular weight excluding hydrogens is 214 g/mol.